The third-order valence-corrected chi connectivity index (χ3v) is 4.24. The van der Waals surface area contributed by atoms with Crippen molar-refractivity contribution in [3.63, 3.8) is 0 Å². The summed E-state index contributed by atoms with van der Waals surface area (Å²) in [6, 6.07) is -0.600. The third-order valence-electron chi connectivity index (χ3n) is 2.73. The molecule has 0 radical (unpaired) electrons. The zero-order chi connectivity index (χ0) is 14.4. The number of aryl methyl sites for hydroxylation is 2. The van der Waals surface area contributed by atoms with Crippen molar-refractivity contribution in [2.24, 2.45) is 5.73 Å². The van der Waals surface area contributed by atoms with E-state index in [0.29, 0.717) is 11.5 Å². The Balaban J connectivity index is 2.62. The van der Waals surface area contributed by atoms with Crippen LogP contribution in [0.25, 0.3) is 0 Å². The number of hydrogen-bond donors (Lipinski definition) is 1. The lowest BCUT2D eigenvalue weighted by Crippen LogP contribution is -2.33. The summed E-state index contributed by atoms with van der Waals surface area (Å²) < 4.78 is 6.48. The second-order valence-corrected chi connectivity index (χ2v) is 5.43. The summed E-state index contributed by atoms with van der Waals surface area (Å²) in [7, 11) is 1.34. The molecule has 2 N–H and O–H groups in total. The van der Waals surface area contributed by atoms with Gasteiger partial charge in [-0.05, 0) is 13.3 Å². The van der Waals surface area contributed by atoms with Crippen LogP contribution in [0.5, 0.6) is 0 Å². The van der Waals surface area contributed by atoms with Gasteiger partial charge in [0.2, 0.25) is 0 Å². The van der Waals surface area contributed by atoms with Crippen LogP contribution in [0.15, 0.2) is 0 Å². The molecular weight excluding hydrogens is 286 g/mol. The van der Waals surface area contributed by atoms with E-state index in [9.17, 15) is 4.79 Å². The molecule has 0 aliphatic carbocycles. The molecule has 1 rings (SSSR count). The average molecular weight is 306 g/mol. The summed E-state index contributed by atoms with van der Waals surface area (Å²) in [5.74, 6) is 0.792. The minimum Gasteiger partial charge on any atom is -0.468 e. The van der Waals surface area contributed by atoms with Crippen LogP contribution in [0.4, 0.5) is 0 Å². The van der Waals surface area contributed by atoms with E-state index < -0.39 is 12.0 Å². The number of esters is 1. The summed E-state index contributed by atoms with van der Waals surface area (Å²) in [5, 5.41) is 5.17. The average Bonchev–Trinajstić information content (AvgIpc) is 2.74. The summed E-state index contributed by atoms with van der Waals surface area (Å²) in [6.07, 6.45) is 0.811. The van der Waals surface area contributed by atoms with Crippen LogP contribution in [0.2, 0.25) is 5.02 Å². The number of halogens is 1. The van der Waals surface area contributed by atoms with E-state index in [1.165, 1.54) is 7.11 Å². The van der Waals surface area contributed by atoms with Gasteiger partial charge in [0.05, 0.1) is 23.5 Å². The SMILES string of the molecule is CCc1nn(CC)c(CSCC(N)C(=O)OC)c1Cl. The molecule has 0 amide bonds. The molecule has 0 saturated heterocycles. The second kappa shape index (κ2) is 7.77. The fraction of sp³-hybridized carbons (Fsp3) is 0.667. The molecule has 1 unspecified atom stereocenters. The molecule has 5 nitrogen and oxygen atoms in total. The normalized spacial score (nSPS) is 12.5. The van der Waals surface area contributed by atoms with Gasteiger partial charge in [-0.2, -0.15) is 16.9 Å². The van der Waals surface area contributed by atoms with Gasteiger partial charge in [-0.1, -0.05) is 18.5 Å². The number of methoxy groups -OCH3 is 1. The molecule has 1 aromatic rings. The molecule has 108 valence electrons. The number of nitrogens with zero attached hydrogens (tertiary/aromatic N) is 2. The monoisotopic (exact) mass is 305 g/mol. The van der Waals surface area contributed by atoms with Crippen LogP contribution in [0, 0.1) is 0 Å². The topological polar surface area (TPSA) is 70.1 Å². The highest BCUT2D eigenvalue weighted by atomic mass is 35.5. The summed E-state index contributed by atoms with van der Waals surface area (Å²) in [6.45, 7) is 4.83. The lowest BCUT2D eigenvalue weighted by atomic mass is 10.3. The van der Waals surface area contributed by atoms with Gasteiger partial charge in [0.1, 0.15) is 6.04 Å². The van der Waals surface area contributed by atoms with Crippen molar-refractivity contribution < 1.29 is 9.53 Å². The van der Waals surface area contributed by atoms with Crippen molar-refractivity contribution in [1.82, 2.24) is 9.78 Å². The first-order valence-corrected chi connectivity index (χ1v) is 7.73. The number of hydrogen-bond acceptors (Lipinski definition) is 5. The maximum Gasteiger partial charge on any atom is 0.323 e. The maximum atomic E-state index is 11.2. The minimum absolute atomic E-state index is 0.392. The van der Waals surface area contributed by atoms with Crippen LogP contribution in [0.1, 0.15) is 25.2 Å². The second-order valence-electron chi connectivity index (χ2n) is 4.02. The van der Waals surface area contributed by atoms with Gasteiger partial charge in [0.25, 0.3) is 0 Å². The molecule has 0 aliphatic heterocycles. The van der Waals surface area contributed by atoms with Gasteiger partial charge < -0.3 is 10.5 Å². The van der Waals surface area contributed by atoms with E-state index in [2.05, 4.69) is 9.84 Å². The first-order chi connectivity index (χ1) is 9.04. The Morgan fingerprint density at radius 2 is 2.26 bits per heavy atom. The number of aromatic nitrogens is 2. The maximum absolute atomic E-state index is 11.2. The number of nitrogens with two attached hydrogens (primary N) is 1. The fourth-order valence-corrected chi connectivity index (χ4v) is 3.07. The highest BCUT2D eigenvalue weighted by Gasteiger charge is 2.17. The lowest BCUT2D eigenvalue weighted by Gasteiger charge is -2.09. The van der Waals surface area contributed by atoms with Crippen molar-refractivity contribution in [2.75, 3.05) is 12.9 Å². The largest absolute Gasteiger partial charge is 0.468 e. The summed E-state index contributed by atoms with van der Waals surface area (Å²) >= 11 is 7.85. The van der Waals surface area contributed by atoms with E-state index in [4.69, 9.17) is 17.3 Å². The Kier molecular flexibility index (Phi) is 6.68. The highest BCUT2D eigenvalue weighted by Crippen LogP contribution is 2.25. The smallest absolute Gasteiger partial charge is 0.323 e. The van der Waals surface area contributed by atoms with Gasteiger partial charge in [0, 0.05) is 18.1 Å². The van der Waals surface area contributed by atoms with E-state index in [1.54, 1.807) is 11.8 Å². The minimum atomic E-state index is -0.600. The quantitative estimate of drug-likeness (QED) is 0.779. The molecule has 0 spiro atoms. The highest BCUT2D eigenvalue weighted by molar-refractivity contribution is 7.98. The summed E-state index contributed by atoms with van der Waals surface area (Å²) in [4.78, 5) is 11.2. The predicted molar refractivity (Wildman–Crippen MR) is 78.4 cm³/mol. The van der Waals surface area contributed by atoms with Crippen LogP contribution >= 0.6 is 23.4 Å². The molecule has 0 aliphatic rings. The van der Waals surface area contributed by atoms with Gasteiger partial charge in [-0.15, -0.1) is 0 Å². The molecule has 1 atom stereocenters. The van der Waals surface area contributed by atoms with Crippen LogP contribution < -0.4 is 5.73 Å². The van der Waals surface area contributed by atoms with Crippen molar-refractivity contribution in [3.05, 3.63) is 16.4 Å². The Morgan fingerprint density at radius 1 is 1.58 bits per heavy atom. The first kappa shape index (κ1) is 16.3. The van der Waals surface area contributed by atoms with E-state index >= 15 is 0 Å². The number of thioether (sulfide) groups is 1. The third kappa shape index (κ3) is 4.12. The van der Waals surface area contributed by atoms with Gasteiger partial charge >= 0.3 is 5.97 Å². The molecule has 7 heteroatoms. The van der Waals surface area contributed by atoms with E-state index in [1.807, 2.05) is 18.5 Å². The van der Waals surface area contributed by atoms with Crippen LogP contribution in [-0.4, -0.2) is 34.7 Å². The fourth-order valence-electron chi connectivity index (χ4n) is 1.66. The first-order valence-electron chi connectivity index (χ1n) is 6.20. The summed E-state index contributed by atoms with van der Waals surface area (Å²) in [5.41, 5.74) is 7.58. The number of rotatable bonds is 7. The Morgan fingerprint density at radius 3 is 2.79 bits per heavy atom. The Bertz CT molecular complexity index is 437. The number of carbonyl (C=O) groups is 1. The molecule has 1 aromatic heterocycles. The zero-order valence-electron chi connectivity index (χ0n) is 11.5. The van der Waals surface area contributed by atoms with Gasteiger partial charge in [-0.25, -0.2) is 0 Å². The van der Waals surface area contributed by atoms with Gasteiger partial charge in [0.15, 0.2) is 0 Å². The van der Waals surface area contributed by atoms with Crippen molar-refractivity contribution >= 4 is 29.3 Å². The van der Waals surface area contributed by atoms with Crippen molar-refractivity contribution in [1.29, 1.82) is 0 Å². The van der Waals surface area contributed by atoms with Crippen molar-refractivity contribution in [2.45, 2.75) is 38.6 Å². The molecule has 0 saturated carbocycles. The standard InChI is InChI=1S/C12H20ClN3O2S/c1-4-9-11(13)10(16(5-2)15-9)7-19-6-8(14)12(17)18-3/h8H,4-7,14H2,1-3H3. The molecular formula is C12H20ClN3O2S. The van der Waals surface area contributed by atoms with E-state index in [-0.39, 0.29) is 0 Å². The Labute approximate surface area is 122 Å². The van der Waals surface area contributed by atoms with Crippen molar-refractivity contribution in [3.8, 4) is 0 Å². The number of ether oxygens (including phenoxy) is 1. The predicted octanol–water partition coefficient (Wildman–Crippen LogP) is 1.85. The Hall–Kier alpha value is -0.720. The molecule has 0 bridgehead atoms. The number of carbonyl (C=O) groups excluding carboxylic acids is 1. The zero-order valence-corrected chi connectivity index (χ0v) is 13.1. The molecule has 1 heterocycles. The molecule has 19 heavy (non-hydrogen) atoms. The van der Waals surface area contributed by atoms with Crippen LogP contribution in [0.3, 0.4) is 0 Å². The lowest BCUT2D eigenvalue weighted by molar-refractivity contribution is -0.141. The molecule has 0 fully saturated rings. The van der Waals surface area contributed by atoms with Crippen LogP contribution in [-0.2, 0) is 28.2 Å². The van der Waals surface area contributed by atoms with E-state index in [0.717, 1.165) is 29.4 Å². The molecule has 0 aromatic carbocycles. The van der Waals surface area contributed by atoms with Gasteiger partial charge in [-0.3, -0.25) is 9.48 Å².